The van der Waals surface area contributed by atoms with Crippen molar-refractivity contribution < 1.29 is 24.0 Å². The van der Waals surface area contributed by atoms with Crippen LogP contribution in [0.15, 0.2) is 42.7 Å². The highest BCUT2D eigenvalue weighted by molar-refractivity contribution is 5.97. The number of rotatable bonds is 7. The average Bonchev–Trinajstić information content (AvgIpc) is 2.84. The van der Waals surface area contributed by atoms with Crippen molar-refractivity contribution in [3.05, 3.63) is 58.4 Å². The molecule has 1 N–H and O–H groups in total. The number of hydrogen-bond donors (Lipinski definition) is 1. The molecule has 12 heteroatoms. The van der Waals surface area contributed by atoms with Crippen molar-refractivity contribution in [3.63, 3.8) is 0 Å². The number of nitrogens with one attached hydrogen (secondary N) is 1. The van der Waals surface area contributed by atoms with Gasteiger partial charge in [0.25, 0.3) is 17.5 Å². The van der Waals surface area contributed by atoms with Gasteiger partial charge in [-0.2, -0.15) is 0 Å². The van der Waals surface area contributed by atoms with Crippen LogP contribution in [-0.4, -0.2) is 75.9 Å². The maximum absolute atomic E-state index is 12.7. The van der Waals surface area contributed by atoms with Gasteiger partial charge in [0.2, 0.25) is 5.95 Å². The molecule has 1 aliphatic heterocycles. The third-order valence-corrected chi connectivity index (χ3v) is 5.09. The molecule has 0 spiro atoms. The van der Waals surface area contributed by atoms with Crippen molar-refractivity contribution in [2.75, 3.05) is 31.1 Å². The van der Waals surface area contributed by atoms with Crippen LogP contribution in [0.25, 0.3) is 0 Å². The number of piperazine rings is 1. The largest absolute Gasteiger partial charge is 0.451 e. The van der Waals surface area contributed by atoms with Crippen LogP contribution >= 0.6 is 0 Å². The standard InChI is InChI=1S/C21H24N6O6/c1-14(24-18(28)16-5-3-6-17(13-16)27(31)32)20(30)33-15(2)19(29)25-9-11-26(12-10-25)21-22-7-4-8-23-21/h3-8,13-15H,9-12H2,1-2H3,(H,24,28)/t14-,15?/m0/s1. The Morgan fingerprint density at radius 1 is 1.09 bits per heavy atom. The zero-order valence-electron chi connectivity index (χ0n) is 18.2. The summed E-state index contributed by atoms with van der Waals surface area (Å²) >= 11 is 0. The Morgan fingerprint density at radius 3 is 2.39 bits per heavy atom. The van der Waals surface area contributed by atoms with E-state index in [4.69, 9.17) is 4.74 Å². The first-order valence-corrected chi connectivity index (χ1v) is 10.3. The molecule has 0 bridgehead atoms. The van der Waals surface area contributed by atoms with E-state index in [1.807, 2.05) is 4.90 Å². The molecule has 1 aliphatic rings. The maximum Gasteiger partial charge on any atom is 0.329 e. The van der Waals surface area contributed by atoms with Crippen molar-refractivity contribution >= 4 is 29.4 Å². The maximum atomic E-state index is 12.7. The lowest BCUT2D eigenvalue weighted by Crippen LogP contribution is -2.52. The second kappa shape index (κ2) is 10.5. The lowest BCUT2D eigenvalue weighted by molar-refractivity contribution is -0.384. The topological polar surface area (TPSA) is 148 Å². The third-order valence-electron chi connectivity index (χ3n) is 5.09. The van der Waals surface area contributed by atoms with Crippen LogP contribution in [0.4, 0.5) is 11.6 Å². The Balaban J connectivity index is 1.49. The summed E-state index contributed by atoms with van der Waals surface area (Å²) in [6, 6.07) is 5.81. The number of esters is 1. The Labute approximate surface area is 189 Å². The third kappa shape index (κ3) is 5.99. The van der Waals surface area contributed by atoms with Gasteiger partial charge in [-0.3, -0.25) is 19.7 Å². The molecule has 1 saturated heterocycles. The van der Waals surface area contributed by atoms with E-state index in [1.165, 1.54) is 32.0 Å². The number of benzene rings is 1. The van der Waals surface area contributed by atoms with Gasteiger partial charge in [-0.1, -0.05) is 6.07 Å². The number of anilines is 1. The molecule has 1 unspecified atom stereocenters. The molecule has 174 valence electrons. The number of nitrogens with zero attached hydrogens (tertiary/aromatic N) is 5. The van der Waals surface area contributed by atoms with Crippen LogP contribution in [-0.2, 0) is 14.3 Å². The molecule has 12 nitrogen and oxygen atoms in total. The fourth-order valence-corrected chi connectivity index (χ4v) is 3.26. The summed E-state index contributed by atoms with van der Waals surface area (Å²) in [5.74, 6) is -1.20. The minimum Gasteiger partial charge on any atom is -0.451 e. The van der Waals surface area contributed by atoms with Crippen LogP contribution in [0.5, 0.6) is 0 Å². The van der Waals surface area contributed by atoms with Crippen molar-refractivity contribution in [1.82, 2.24) is 20.2 Å². The monoisotopic (exact) mass is 456 g/mol. The number of amides is 2. The van der Waals surface area contributed by atoms with E-state index in [-0.39, 0.29) is 17.2 Å². The summed E-state index contributed by atoms with van der Waals surface area (Å²) in [6.07, 6.45) is 2.27. The normalized spacial score (nSPS) is 15.3. The molecular weight excluding hydrogens is 432 g/mol. The molecule has 3 rings (SSSR count). The number of non-ortho nitro benzene ring substituents is 1. The molecule has 1 fully saturated rings. The van der Waals surface area contributed by atoms with Gasteiger partial charge in [0, 0.05) is 56.3 Å². The zero-order valence-corrected chi connectivity index (χ0v) is 18.2. The molecule has 2 amide bonds. The summed E-state index contributed by atoms with van der Waals surface area (Å²) in [5.41, 5.74) is -0.204. The van der Waals surface area contributed by atoms with Crippen molar-refractivity contribution in [2.45, 2.75) is 26.0 Å². The Morgan fingerprint density at radius 2 is 1.76 bits per heavy atom. The van der Waals surface area contributed by atoms with E-state index < -0.39 is 28.9 Å². The summed E-state index contributed by atoms with van der Waals surface area (Å²) in [6.45, 7) is 4.84. The van der Waals surface area contributed by atoms with Crippen LogP contribution < -0.4 is 10.2 Å². The molecular formula is C21H24N6O6. The predicted octanol–water partition coefficient (Wildman–Crippen LogP) is 0.784. The van der Waals surface area contributed by atoms with E-state index in [1.54, 1.807) is 23.4 Å². The van der Waals surface area contributed by atoms with Gasteiger partial charge in [-0.25, -0.2) is 14.8 Å². The van der Waals surface area contributed by atoms with Gasteiger partial charge < -0.3 is 19.9 Å². The first kappa shape index (κ1) is 23.6. The SMILES string of the molecule is CC(OC(=O)[C@H](C)NC(=O)c1cccc([N+](=O)[O-])c1)C(=O)N1CCN(c2ncccn2)CC1. The van der Waals surface area contributed by atoms with Gasteiger partial charge in [-0.15, -0.1) is 0 Å². The van der Waals surface area contributed by atoms with E-state index in [0.717, 1.165) is 6.07 Å². The fraction of sp³-hybridized carbons (Fsp3) is 0.381. The van der Waals surface area contributed by atoms with Crippen LogP contribution in [0.1, 0.15) is 24.2 Å². The predicted molar refractivity (Wildman–Crippen MR) is 116 cm³/mol. The van der Waals surface area contributed by atoms with Gasteiger partial charge >= 0.3 is 5.97 Å². The Bertz CT molecular complexity index is 1020. The summed E-state index contributed by atoms with van der Waals surface area (Å²) in [7, 11) is 0. The van der Waals surface area contributed by atoms with Crippen molar-refractivity contribution in [1.29, 1.82) is 0 Å². The number of nitro benzene ring substituents is 1. The van der Waals surface area contributed by atoms with E-state index in [9.17, 15) is 24.5 Å². The highest BCUT2D eigenvalue weighted by Gasteiger charge is 2.29. The second-order valence-electron chi connectivity index (χ2n) is 7.44. The fourth-order valence-electron chi connectivity index (χ4n) is 3.26. The zero-order chi connectivity index (χ0) is 24.0. The van der Waals surface area contributed by atoms with Crippen LogP contribution in [0, 0.1) is 10.1 Å². The molecule has 0 radical (unpaired) electrons. The minimum absolute atomic E-state index is 0.0354. The van der Waals surface area contributed by atoms with E-state index in [0.29, 0.717) is 32.1 Å². The second-order valence-corrected chi connectivity index (χ2v) is 7.44. The molecule has 2 heterocycles. The van der Waals surface area contributed by atoms with E-state index in [2.05, 4.69) is 15.3 Å². The summed E-state index contributed by atoms with van der Waals surface area (Å²) < 4.78 is 5.25. The number of aromatic nitrogens is 2. The summed E-state index contributed by atoms with van der Waals surface area (Å²) in [4.78, 5) is 59.6. The number of hydrogen-bond acceptors (Lipinski definition) is 9. The lowest BCUT2D eigenvalue weighted by atomic mass is 10.2. The average molecular weight is 456 g/mol. The van der Waals surface area contributed by atoms with Crippen molar-refractivity contribution in [3.8, 4) is 0 Å². The molecule has 0 aliphatic carbocycles. The van der Waals surface area contributed by atoms with Crippen LogP contribution in [0.3, 0.4) is 0 Å². The van der Waals surface area contributed by atoms with Gasteiger partial charge in [0.15, 0.2) is 6.10 Å². The Hall–Kier alpha value is -4.09. The van der Waals surface area contributed by atoms with Crippen LogP contribution in [0.2, 0.25) is 0 Å². The summed E-state index contributed by atoms with van der Waals surface area (Å²) in [5, 5.41) is 13.3. The highest BCUT2D eigenvalue weighted by atomic mass is 16.6. The van der Waals surface area contributed by atoms with Gasteiger partial charge in [0.05, 0.1) is 4.92 Å². The van der Waals surface area contributed by atoms with E-state index >= 15 is 0 Å². The Kier molecular flexibility index (Phi) is 7.49. The molecule has 2 aromatic rings. The number of nitro groups is 1. The number of ether oxygens (including phenoxy) is 1. The number of carbonyl (C=O) groups is 3. The highest BCUT2D eigenvalue weighted by Crippen LogP contribution is 2.14. The quantitative estimate of drug-likeness (QED) is 0.362. The lowest BCUT2D eigenvalue weighted by Gasteiger charge is -2.35. The first-order valence-electron chi connectivity index (χ1n) is 10.3. The van der Waals surface area contributed by atoms with Gasteiger partial charge in [-0.05, 0) is 26.0 Å². The molecule has 0 saturated carbocycles. The molecule has 1 aromatic heterocycles. The minimum atomic E-state index is -1.06. The number of carbonyl (C=O) groups excluding carboxylic acids is 3. The van der Waals surface area contributed by atoms with Gasteiger partial charge in [0.1, 0.15) is 6.04 Å². The smallest absolute Gasteiger partial charge is 0.329 e. The molecule has 2 atom stereocenters. The molecule has 33 heavy (non-hydrogen) atoms. The molecule has 1 aromatic carbocycles. The van der Waals surface area contributed by atoms with Crippen molar-refractivity contribution in [2.24, 2.45) is 0 Å². The first-order chi connectivity index (χ1) is 15.8.